The van der Waals surface area contributed by atoms with Gasteiger partial charge in [0.2, 0.25) is 0 Å². The first-order chi connectivity index (χ1) is 18.9. The molecule has 6 heteroatoms. The van der Waals surface area contributed by atoms with Gasteiger partial charge in [0.05, 0.1) is 18.2 Å². The van der Waals surface area contributed by atoms with Gasteiger partial charge in [-0.3, -0.25) is 14.5 Å². The number of hydrogen-bond acceptors (Lipinski definition) is 5. The van der Waals surface area contributed by atoms with Crippen molar-refractivity contribution in [2.24, 2.45) is 0 Å². The lowest BCUT2D eigenvalue weighted by Crippen LogP contribution is -2.29. The monoisotopic (exact) mass is 519 g/mol. The molecule has 0 aromatic heterocycles. The third-order valence-electron chi connectivity index (χ3n) is 6.66. The van der Waals surface area contributed by atoms with Gasteiger partial charge in [0.25, 0.3) is 11.7 Å². The van der Waals surface area contributed by atoms with E-state index in [1.165, 1.54) is 4.90 Å². The predicted octanol–water partition coefficient (Wildman–Crippen LogP) is 7.12. The van der Waals surface area contributed by atoms with E-state index in [1.54, 1.807) is 36.4 Å². The van der Waals surface area contributed by atoms with Crippen molar-refractivity contribution in [3.8, 4) is 17.2 Å². The van der Waals surface area contributed by atoms with E-state index in [2.05, 4.69) is 0 Å². The van der Waals surface area contributed by atoms with E-state index in [0.29, 0.717) is 40.7 Å². The SMILES string of the molecule is CCOc1ccc(/C(O)=C2\C(=O)C(=O)N(c3ccc(C)cc3)C2c2cccc(Oc3ccccc3)c2)cc1C. The fraction of sp³-hybridized carbons (Fsp3) is 0.152. The van der Waals surface area contributed by atoms with Crippen LogP contribution in [-0.4, -0.2) is 23.4 Å². The highest BCUT2D eigenvalue weighted by Gasteiger charge is 2.47. The maximum Gasteiger partial charge on any atom is 0.300 e. The maximum absolute atomic E-state index is 13.5. The summed E-state index contributed by atoms with van der Waals surface area (Å²) in [7, 11) is 0. The number of carbonyl (C=O) groups is 2. The average molecular weight is 520 g/mol. The predicted molar refractivity (Wildman–Crippen MR) is 151 cm³/mol. The molecular formula is C33H29NO5. The number of aliphatic hydroxyl groups excluding tert-OH is 1. The normalized spacial score (nSPS) is 16.4. The zero-order chi connectivity index (χ0) is 27.5. The molecule has 6 nitrogen and oxygen atoms in total. The largest absolute Gasteiger partial charge is 0.507 e. The third kappa shape index (κ3) is 5.14. The molecule has 4 aromatic rings. The van der Waals surface area contributed by atoms with Gasteiger partial charge in [0.1, 0.15) is 23.0 Å². The summed E-state index contributed by atoms with van der Waals surface area (Å²) in [5.74, 6) is 0.198. The smallest absolute Gasteiger partial charge is 0.300 e. The van der Waals surface area contributed by atoms with Gasteiger partial charge in [-0.05, 0) is 86.5 Å². The number of hydrogen-bond donors (Lipinski definition) is 1. The van der Waals surface area contributed by atoms with Crippen molar-refractivity contribution in [1.29, 1.82) is 0 Å². The Hall–Kier alpha value is -4.84. The highest BCUT2D eigenvalue weighted by Crippen LogP contribution is 2.43. The quantitative estimate of drug-likeness (QED) is 0.160. The summed E-state index contributed by atoms with van der Waals surface area (Å²) < 4.78 is 11.7. The molecule has 1 N–H and O–H groups in total. The fourth-order valence-electron chi connectivity index (χ4n) is 4.76. The van der Waals surface area contributed by atoms with E-state index in [0.717, 1.165) is 11.1 Å². The number of anilines is 1. The van der Waals surface area contributed by atoms with E-state index in [-0.39, 0.29) is 11.3 Å². The summed E-state index contributed by atoms with van der Waals surface area (Å²) in [5.41, 5.74) is 3.47. The molecule has 1 unspecified atom stereocenters. The molecule has 39 heavy (non-hydrogen) atoms. The Bertz CT molecular complexity index is 1560. The molecule has 0 saturated carbocycles. The molecule has 1 heterocycles. The number of para-hydroxylation sites is 1. The summed E-state index contributed by atoms with van der Waals surface area (Å²) in [6.45, 7) is 6.23. The third-order valence-corrected chi connectivity index (χ3v) is 6.66. The van der Waals surface area contributed by atoms with Crippen molar-refractivity contribution in [2.75, 3.05) is 11.5 Å². The molecule has 5 rings (SSSR count). The van der Waals surface area contributed by atoms with Crippen molar-refractivity contribution in [3.05, 3.63) is 125 Å². The lowest BCUT2D eigenvalue weighted by atomic mass is 9.94. The molecule has 0 bridgehead atoms. The van der Waals surface area contributed by atoms with Crippen LogP contribution in [0.15, 0.2) is 103 Å². The van der Waals surface area contributed by atoms with Crippen LogP contribution in [0.25, 0.3) is 5.76 Å². The van der Waals surface area contributed by atoms with E-state index in [4.69, 9.17) is 9.47 Å². The Kier molecular flexibility index (Phi) is 7.19. The van der Waals surface area contributed by atoms with Gasteiger partial charge in [-0.1, -0.05) is 48.0 Å². The van der Waals surface area contributed by atoms with Crippen LogP contribution in [-0.2, 0) is 9.59 Å². The second-order valence-electron chi connectivity index (χ2n) is 9.41. The topological polar surface area (TPSA) is 76.1 Å². The number of carbonyl (C=O) groups excluding carboxylic acids is 2. The second-order valence-corrected chi connectivity index (χ2v) is 9.41. The Morgan fingerprint density at radius 3 is 2.26 bits per heavy atom. The van der Waals surface area contributed by atoms with Crippen molar-refractivity contribution in [1.82, 2.24) is 0 Å². The molecule has 0 spiro atoms. The van der Waals surface area contributed by atoms with E-state index < -0.39 is 17.7 Å². The number of aryl methyl sites for hydroxylation is 2. The van der Waals surface area contributed by atoms with Crippen LogP contribution >= 0.6 is 0 Å². The summed E-state index contributed by atoms with van der Waals surface area (Å²) in [6.07, 6.45) is 0. The molecule has 1 atom stereocenters. The Balaban J connectivity index is 1.65. The summed E-state index contributed by atoms with van der Waals surface area (Å²) in [6, 6.07) is 28.3. The van der Waals surface area contributed by atoms with Gasteiger partial charge in [-0.25, -0.2) is 0 Å². The number of nitrogens with zero attached hydrogens (tertiary/aromatic N) is 1. The number of benzene rings is 4. The number of rotatable bonds is 7. The van der Waals surface area contributed by atoms with Crippen LogP contribution in [0, 0.1) is 13.8 Å². The lowest BCUT2D eigenvalue weighted by molar-refractivity contribution is -0.132. The molecule has 1 amide bonds. The van der Waals surface area contributed by atoms with Crippen LogP contribution in [0.5, 0.6) is 17.2 Å². The van der Waals surface area contributed by atoms with E-state index >= 15 is 0 Å². The molecular weight excluding hydrogens is 490 g/mol. The molecule has 1 fully saturated rings. The van der Waals surface area contributed by atoms with Gasteiger partial charge in [0, 0.05) is 11.3 Å². The molecule has 1 aliphatic heterocycles. The van der Waals surface area contributed by atoms with Crippen LogP contribution in [0.3, 0.4) is 0 Å². The zero-order valence-electron chi connectivity index (χ0n) is 22.0. The second kappa shape index (κ2) is 10.9. The summed E-state index contributed by atoms with van der Waals surface area (Å²) in [4.78, 5) is 28.4. The minimum Gasteiger partial charge on any atom is -0.507 e. The van der Waals surface area contributed by atoms with Crippen LogP contribution < -0.4 is 14.4 Å². The highest BCUT2D eigenvalue weighted by atomic mass is 16.5. The van der Waals surface area contributed by atoms with Gasteiger partial charge in [-0.2, -0.15) is 0 Å². The molecule has 1 saturated heterocycles. The number of ketones is 1. The number of aliphatic hydroxyl groups is 1. The van der Waals surface area contributed by atoms with Crippen LogP contribution in [0.1, 0.15) is 35.2 Å². The Morgan fingerprint density at radius 2 is 1.56 bits per heavy atom. The van der Waals surface area contributed by atoms with Crippen molar-refractivity contribution in [2.45, 2.75) is 26.8 Å². The number of Topliss-reactive ketones (excluding diaryl/α,β-unsaturated/α-hetero) is 1. The minimum absolute atomic E-state index is 0.0148. The first-order valence-electron chi connectivity index (χ1n) is 12.8. The van der Waals surface area contributed by atoms with Crippen molar-refractivity contribution in [3.63, 3.8) is 0 Å². The van der Waals surface area contributed by atoms with Gasteiger partial charge in [0.15, 0.2) is 0 Å². The number of ether oxygens (including phenoxy) is 2. The van der Waals surface area contributed by atoms with Crippen LogP contribution in [0.4, 0.5) is 5.69 Å². The zero-order valence-corrected chi connectivity index (χ0v) is 22.0. The fourth-order valence-corrected chi connectivity index (χ4v) is 4.76. The van der Waals surface area contributed by atoms with Gasteiger partial charge in [-0.15, -0.1) is 0 Å². The van der Waals surface area contributed by atoms with Gasteiger partial charge < -0.3 is 14.6 Å². The van der Waals surface area contributed by atoms with Crippen molar-refractivity contribution >= 4 is 23.1 Å². The number of amides is 1. The molecule has 4 aromatic carbocycles. The van der Waals surface area contributed by atoms with Crippen molar-refractivity contribution < 1.29 is 24.2 Å². The summed E-state index contributed by atoms with van der Waals surface area (Å²) in [5, 5.41) is 11.5. The minimum atomic E-state index is -0.862. The first-order valence-corrected chi connectivity index (χ1v) is 12.8. The standard InChI is InChI=1S/C33H29NO5/c1-4-38-28-18-15-24(19-22(28)3)31(35)29-30(34(33(37)32(29)36)25-16-13-21(2)14-17-25)23-9-8-12-27(20-23)39-26-10-6-5-7-11-26/h5-20,30,35H,4H2,1-3H3/b31-29+. The lowest BCUT2D eigenvalue weighted by Gasteiger charge is -2.26. The maximum atomic E-state index is 13.5. The average Bonchev–Trinajstić information content (AvgIpc) is 3.21. The molecule has 196 valence electrons. The van der Waals surface area contributed by atoms with E-state index in [1.807, 2.05) is 81.4 Å². The molecule has 0 aliphatic carbocycles. The Morgan fingerprint density at radius 1 is 0.846 bits per heavy atom. The first kappa shape index (κ1) is 25.8. The Labute approximate surface area is 227 Å². The highest BCUT2D eigenvalue weighted by molar-refractivity contribution is 6.51. The van der Waals surface area contributed by atoms with E-state index in [9.17, 15) is 14.7 Å². The molecule has 0 radical (unpaired) electrons. The molecule has 1 aliphatic rings. The van der Waals surface area contributed by atoms with Gasteiger partial charge >= 0.3 is 0 Å². The van der Waals surface area contributed by atoms with Crippen LogP contribution in [0.2, 0.25) is 0 Å². The summed E-state index contributed by atoms with van der Waals surface area (Å²) >= 11 is 0.